The molecule has 1 aliphatic heterocycles. The highest BCUT2D eigenvalue weighted by atomic mass is 16.3. The molecule has 160 valence electrons. The van der Waals surface area contributed by atoms with E-state index < -0.39 is 12.2 Å². The van der Waals surface area contributed by atoms with E-state index in [1.165, 1.54) is 89.9 Å². The van der Waals surface area contributed by atoms with E-state index in [9.17, 15) is 10.2 Å². The third kappa shape index (κ3) is 13.4. The molecule has 3 atom stereocenters. The van der Waals surface area contributed by atoms with Gasteiger partial charge in [0.15, 0.2) is 0 Å². The monoisotopic (exact) mass is 382 g/mol. The minimum Gasteiger partial charge on any atom is -0.389 e. The fourth-order valence-electron chi connectivity index (χ4n) is 3.73. The van der Waals surface area contributed by atoms with Crippen LogP contribution in [0.25, 0.3) is 0 Å². The lowest BCUT2D eigenvalue weighted by atomic mass is 10.1. The molecule has 27 heavy (non-hydrogen) atoms. The van der Waals surface area contributed by atoms with Gasteiger partial charge in [-0.1, -0.05) is 76.9 Å². The van der Waals surface area contributed by atoms with Crippen LogP contribution in [0, 0.1) is 0 Å². The second-order valence-electron chi connectivity index (χ2n) is 8.21. The Bertz CT molecular complexity index is 349. The number of hydrogen-bond donors (Lipinski definition) is 4. The number of rotatable bonds is 18. The Labute approximate surface area is 168 Å². The molecule has 0 aromatic heterocycles. The van der Waals surface area contributed by atoms with Gasteiger partial charge in [-0.3, -0.25) is 0 Å². The minimum absolute atomic E-state index is 0.00545. The van der Waals surface area contributed by atoms with E-state index in [-0.39, 0.29) is 6.04 Å². The molecule has 0 unspecified atom stereocenters. The second-order valence-corrected chi connectivity index (χ2v) is 8.21. The van der Waals surface area contributed by atoms with Crippen molar-refractivity contribution < 1.29 is 10.2 Å². The second kappa shape index (κ2) is 17.7. The first-order valence-electron chi connectivity index (χ1n) is 11.7. The predicted octanol–water partition coefficient (Wildman–Crippen LogP) is 4.31. The zero-order valence-corrected chi connectivity index (χ0v) is 17.8. The first-order chi connectivity index (χ1) is 13.3. The van der Waals surface area contributed by atoms with Crippen LogP contribution in [0.4, 0.5) is 0 Å². The summed E-state index contributed by atoms with van der Waals surface area (Å²) in [5.74, 6) is 0. The van der Waals surface area contributed by atoms with Gasteiger partial charge < -0.3 is 20.8 Å². The molecule has 4 heteroatoms. The molecular weight excluding hydrogens is 336 g/mol. The fraction of sp³-hybridized carbons (Fsp3) is 0.913. The topological polar surface area (TPSA) is 64.5 Å². The van der Waals surface area contributed by atoms with Crippen LogP contribution in [-0.4, -0.2) is 48.1 Å². The average Bonchev–Trinajstić information content (AvgIpc) is 2.99. The van der Waals surface area contributed by atoms with Crippen molar-refractivity contribution in [1.29, 1.82) is 0 Å². The lowest BCUT2D eigenvalue weighted by Crippen LogP contribution is -2.41. The van der Waals surface area contributed by atoms with Gasteiger partial charge in [-0.15, -0.1) is 0 Å². The van der Waals surface area contributed by atoms with E-state index in [1.807, 2.05) is 0 Å². The molecule has 1 fully saturated rings. The van der Waals surface area contributed by atoms with Crippen LogP contribution < -0.4 is 10.6 Å². The van der Waals surface area contributed by atoms with Gasteiger partial charge in [0.05, 0.1) is 12.2 Å². The number of hydrogen-bond acceptors (Lipinski definition) is 4. The molecule has 4 N–H and O–H groups in total. The van der Waals surface area contributed by atoms with E-state index in [2.05, 4.69) is 29.7 Å². The molecule has 1 saturated heterocycles. The fourth-order valence-corrected chi connectivity index (χ4v) is 3.73. The zero-order valence-electron chi connectivity index (χ0n) is 17.8. The van der Waals surface area contributed by atoms with Crippen molar-refractivity contribution in [3.8, 4) is 0 Å². The van der Waals surface area contributed by atoms with Crippen LogP contribution in [0.15, 0.2) is 12.2 Å². The molecular formula is C23H46N2O2. The minimum atomic E-state index is -0.627. The summed E-state index contributed by atoms with van der Waals surface area (Å²) in [5, 5.41) is 25.7. The summed E-state index contributed by atoms with van der Waals surface area (Å²) in [6, 6.07) is -0.00545. The van der Waals surface area contributed by atoms with Crippen molar-refractivity contribution in [3.05, 3.63) is 12.2 Å². The molecule has 0 aliphatic carbocycles. The van der Waals surface area contributed by atoms with Crippen LogP contribution in [0.2, 0.25) is 0 Å². The standard InChI is InChI=1S/C23H46N2O2/c1-2-3-4-5-6-7-8-9-10-11-12-13-14-15-16-17-18-24-19-21-23(27)22(26)20-25-21/h9-10,21-27H,2-8,11-20H2,1H3/b10-9-/t21-,22-,23+/m0/s1. The highest BCUT2D eigenvalue weighted by molar-refractivity contribution is 4.91. The number of unbranched alkanes of at least 4 members (excludes halogenated alkanes) is 12. The zero-order chi connectivity index (χ0) is 19.6. The molecule has 1 heterocycles. The molecule has 0 aromatic carbocycles. The quantitative estimate of drug-likeness (QED) is 0.211. The summed E-state index contributed by atoms with van der Waals surface area (Å²) < 4.78 is 0. The van der Waals surface area contributed by atoms with Gasteiger partial charge in [-0.25, -0.2) is 0 Å². The van der Waals surface area contributed by atoms with Crippen LogP contribution in [0.5, 0.6) is 0 Å². The summed E-state index contributed by atoms with van der Waals surface area (Å²) in [7, 11) is 0. The van der Waals surface area contributed by atoms with Crippen molar-refractivity contribution in [2.24, 2.45) is 0 Å². The SMILES string of the molecule is CCCCCCCC/C=C\CCCCCCCCNC[C@@H]1NC[C@H](O)[C@@H]1O. The number of aliphatic hydroxyl groups excluding tert-OH is 2. The maximum atomic E-state index is 9.74. The average molecular weight is 383 g/mol. The maximum absolute atomic E-state index is 9.74. The Balaban J connectivity index is 1.73. The van der Waals surface area contributed by atoms with E-state index in [0.717, 1.165) is 13.1 Å². The molecule has 1 aliphatic rings. The molecule has 0 bridgehead atoms. The molecule has 0 aromatic rings. The lowest BCUT2D eigenvalue weighted by Gasteiger charge is -2.16. The summed E-state index contributed by atoms with van der Waals surface area (Å²) in [6.45, 7) is 4.52. The smallest absolute Gasteiger partial charge is 0.0976 e. The number of β-amino-alcohol motifs (C(OH)–C–C–N with tert-alkyl or cyclic N) is 1. The van der Waals surface area contributed by atoms with E-state index in [4.69, 9.17) is 0 Å². The van der Waals surface area contributed by atoms with Crippen LogP contribution >= 0.6 is 0 Å². The van der Waals surface area contributed by atoms with Crippen LogP contribution in [0.3, 0.4) is 0 Å². The molecule has 0 amide bonds. The summed E-state index contributed by atoms with van der Waals surface area (Å²) >= 11 is 0. The number of nitrogens with one attached hydrogen (secondary N) is 2. The first-order valence-corrected chi connectivity index (χ1v) is 11.7. The van der Waals surface area contributed by atoms with Gasteiger partial charge in [0.1, 0.15) is 0 Å². The van der Waals surface area contributed by atoms with E-state index in [0.29, 0.717) is 6.54 Å². The highest BCUT2D eigenvalue weighted by Gasteiger charge is 2.32. The van der Waals surface area contributed by atoms with Gasteiger partial charge in [-0.2, -0.15) is 0 Å². The maximum Gasteiger partial charge on any atom is 0.0976 e. The Hall–Kier alpha value is -0.420. The third-order valence-corrected chi connectivity index (χ3v) is 5.63. The van der Waals surface area contributed by atoms with Crippen LogP contribution in [-0.2, 0) is 0 Å². The van der Waals surface area contributed by atoms with Gasteiger partial charge >= 0.3 is 0 Å². The normalized spacial score (nSPS) is 22.9. The summed E-state index contributed by atoms with van der Waals surface area (Å²) in [4.78, 5) is 0. The van der Waals surface area contributed by atoms with Gasteiger partial charge in [0.2, 0.25) is 0 Å². The Morgan fingerprint density at radius 2 is 1.37 bits per heavy atom. The van der Waals surface area contributed by atoms with Gasteiger partial charge in [0.25, 0.3) is 0 Å². The van der Waals surface area contributed by atoms with Crippen molar-refractivity contribution >= 4 is 0 Å². The summed E-state index contributed by atoms with van der Waals surface area (Å²) in [6.07, 6.45) is 22.2. The number of allylic oxidation sites excluding steroid dienone is 2. The Morgan fingerprint density at radius 3 is 1.93 bits per heavy atom. The van der Waals surface area contributed by atoms with Gasteiger partial charge in [-0.05, 0) is 38.6 Å². The molecule has 0 radical (unpaired) electrons. The van der Waals surface area contributed by atoms with Crippen molar-refractivity contribution in [1.82, 2.24) is 10.6 Å². The Morgan fingerprint density at radius 1 is 0.815 bits per heavy atom. The molecule has 0 saturated carbocycles. The van der Waals surface area contributed by atoms with Gasteiger partial charge in [0, 0.05) is 19.1 Å². The van der Waals surface area contributed by atoms with Crippen LogP contribution in [0.1, 0.15) is 96.8 Å². The van der Waals surface area contributed by atoms with Crippen molar-refractivity contribution in [2.45, 2.75) is 115 Å². The lowest BCUT2D eigenvalue weighted by molar-refractivity contribution is 0.0407. The highest BCUT2D eigenvalue weighted by Crippen LogP contribution is 2.10. The summed E-state index contributed by atoms with van der Waals surface area (Å²) in [5.41, 5.74) is 0. The van der Waals surface area contributed by atoms with E-state index >= 15 is 0 Å². The van der Waals surface area contributed by atoms with Crippen molar-refractivity contribution in [3.63, 3.8) is 0 Å². The molecule has 1 rings (SSSR count). The first kappa shape index (κ1) is 24.6. The largest absolute Gasteiger partial charge is 0.389 e. The molecule has 4 nitrogen and oxygen atoms in total. The predicted molar refractivity (Wildman–Crippen MR) is 116 cm³/mol. The van der Waals surface area contributed by atoms with Crippen molar-refractivity contribution in [2.75, 3.05) is 19.6 Å². The van der Waals surface area contributed by atoms with E-state index in [1.54, 1.807) is 0 Å². The number of aliphatic hydroxyl groups is 2. The Kier molecular flexibility index (Phi) is 16.1. The third-order valence-electron chi connectivity index (χ3n) is 5.63. The molecule has 0 spiro atoms.